The molecule has 1 heterocycles. The highest BCUT2D eigenvalue weighted by Crippen LogP contribution is 2.56. The number of nitrogens with one attached hydrogen (secondary N) is 1. The van der Waals surface area contributed by atoms with E-state index in [0.717, 1.165) is 24.2 Å². The SMILES string of the molecule is O=C(COC(=O)CN1C(=O)[C@H]2[C@@H]3CC[C@H](C3)[C@@H]2C1=O)Nc1ccc(F)cc1. The number of nitrogens with zero attached hydrogens (tertiary/aromatic N) is 1. The molecule has 142 valence electrons. The van der Waals surface area contributed by atoms with Crippen LogP contribution in [-0.4, -0.2) is 41.7 Å². The summed E-state index contributed by atoms with van der Waals surface area (Å²) in [5.41, 5.74) is 0.366. The van der Waals surface area contributed by atoms with Gasteiger partial charge in [0, 0.05) is 5.69 Å². The lowest BCUT2D eigenvalue weighted by Crippen LogP contribution is -2.38. The van der Waals surface area contributed by atoms with Crippen molar-refractivity contribution in [3.8, 4) is 0 Å². The van der Waals surface area contributed by atoms with Crippen LogP contribution in [0.2, 0.25) is 0 Å². The summed E-state index contributed by atoms with van der Waals surface area (Å²) < 4.78 is 17.7. The molecule has 27 heavy (non-hydrogen) atoms. The molecule has 2 aliphatic carbocycles. The number of carbonyl (C=O) groups is 4. The first-order valence-electron chi connectivity index (χ1n) is 9.00. The molecule has 0 spiro atoms. The standard InChI is InChI=1S/C19H19FN2O5/c20-12-3-5-13(6-4-12)21-14(23)9-27-15(24)8-22-18(25)16-10-1-2-11(7-10)17(16)19(22)26/h3-6,10-11,16-17H,1-2,7-9H2,(H,21,23)/t10-,11-,16+,17+/m1/s1. The van der Waals surface area contributed by atoms with Crippen LogP contribution in [0.4, 0.5) is 10.1 Å². The number of benzene rings is 1. The summed E-state index contributed by atoms with van der Waals surface area (Å²) in [5, 5.41) is 2.46. The van der Waals surface area contributed by atoms with E-state index in [2.05, 4.69) is 5.32 Å². The first-order valence-corrected chi connectivity index (χ1v) is 9.00. The van der Waals surface area contributed by atoms with Gasteiger partial charge in [0.2, 0.25) is 11.8 Å². The second-order valence-electron chi connectivity index (χ2n) is 7.36. The zero-order valence-corrected chi connectivity index (χ0v) is 14.5. The van der Waals surface area contributed by atoms with Crippen LogP contribution in [0, 0.1) is 29.5 Å². The van der Waals surface area contributed by atoms with Crippen molar-refractivity contribution in [2.24, 2.45) is 23.7 Å². The number of hydrogen-bond donors (Lipinski definition) is 1. The molecular weight excluding hydrogens is 355 g/mol. The Balaban J connectivity index is 1.28. The Hall–Kier alpha value is -2.77. The lowest BCUT2D eigenvalue weighted by molar-refractivity contribution is -0.154. The second-order valence-corrected chi connectivity index (χ2v) is 7.36. The molecule has 0 aromatic heterocycles. The first-order chi connectivity index (χ1) is 12.9. The van der Waals surface area contributed by atoms with E-state index in [-0.39, 0.29) is 35.5 Å². The van der Waals surface area contributed by atoms with E-state index in [9.17, 15) is 23.6 Å². The minimum absolute atomic E-state index is 0.249. The Labute approximate surface area is 154 Å². The summed E-state index contributed by atoms with van der Waals surface area (Å²) in [6.45, 7) is -1.02. The van der Waals surface area contributed by atoms with Gasteiger partial charge in [-0.3, -0.25) is 24.1 Å². The van der Waals surface area contributed by atoms with Gasteiger partial charge in [-0.15, -0.1) is 0 Å². The molecule has 1 aromatic carbocycles. The van der Waals surface area contributed by atoms with Crippen molar-refractivity contribution in [1.82, 2.24) is 4.90 Å². The van der Waals surface area contributed by atoms with Crippen LogP contribution in [0.3, 0.4) is 0 Å². The van der Waals surface area contributed by atoms with Crippen LogP contribution in [0.25, 0.3) is 0 Å². The number of amides is 3. The van der Waals surface area contributed by atoms with Crippen molar-refractivity contribution in [2.75, 3.05) is 18.5 Å². The van der Waals surface area contributed by atoms with Crippen molar-refractivity contribution in [3.63, 3.8) is 0 Å². The highest BCUT2D eigenvalue weighted by Gasteiger charge is 2.61. The fraction of sp³-hybridized carbons (Fsp3) is 0.474. The average Bonchev–Trinajstić information content (AvgIpc) is 3.32. The first kappa shape index (κ1) is 17.6. The van der Waals surface area contributed by atoms with Gasteiger partial charge in [-0.25, -0.2) is 4.39 Å². The lowest BCUT2D eigenvalue weighted by Gasteiger charge is -2.19. The predicted octanol–water partition coefficient (Wildman–Crippen LogP) is 1.34. The van der Waals surface area contributed by atoms with Gasteiger partial charge in [-0.2, -0.15) is 0 Å². The number of carbonyl (C=O) groups excluding carboxylic acids is 4. The number of ether oxygens (including phenoxy) is 1. The molecule has 3 fully saturated rings. The number of anilines is 1. The van der Waals surface area contributed by atoms with Crippen LogP contribution in [-0.2, 0) is 23.9 Å². The molecule has 0 unspecified atom stereocenters. The summed E-state index contributed by atoms with van der Waals surface area (Å²) in [5.74, 6) is -2.48. The molecular formula is C19H19FN2O5. The normalized spacial score (nSPS) is 28.4. The third kappa shape index (κ3) is 3.20. The van der Waals surface area contributed by atoms with Gasteiger partial charge in [-0.05, 0) is 55.4 Å². The Morgan fingerprint density at radius 2 is 1.67 bits per heavy atom. The van der Waals surface area contributed by atoms with Gasteiger partial charge in [0.05, 0.1) is 11.8 Å². The highest BCUT2D eigenvalue weighted by molar-refractivity contribution is 6.07. The zero-order chi connectivity index (χ0) is 19.1. The molecule has 1 N–H and O–H groups in total. The number of rotatable bonds is 5. The summed E-state index contributed by atoms with van der Waals surface area (Å²) in [6, 6.07) is 5.14. The maximum Gasteiger partial charge on any atom is 0.326 e. The highest BCUT2D eigenvalue weighted by atomic mass is 19.1. The fourth-order valence-electron chi connectivity index (χ4n) is 4.68. The van der Waals surface area contributed by atoms with Gasteiger partial charge in [0.25, 0.3) is 5.91 Å². The van der Waals surface area contributed by atoms with Gasteiger partial charge in [0.1, 0.15) is 12.4 Å². The maximum absolute atomic E-state index is 12.8. The van der Waals surface area contributed by atoms with Crippen LogP contribution in [0.15, 0.2) is 24.3 Å². The topological polar surface area (TPSA) is 92.8 Å². The zero-order valence-electron chi connectivity index (χ0n) is 14.5. The van der Waals surface area contributed by atoms with E-state index >= 15 is 0 Å². The van der Waals surface area contributed by atoms with Crippen LogP contribution >= 0.6 is 0 Å². The maximum atomic E-state index is 12.8. The van der Waals surface area contributed by atoms with E-state index in [0.29, 0.717) is 5.69 Å². The molecule has 3 aliphatic rings. The molecule has 7 nitrogen and oxygen atoms in total. The number of hydrogen-bond acceptors (Lipinski definition) is 5. The van der Waals surface area contributed by atoms with Gasteiger partial charge in [0.15, 0.2) is 6.61 Å². The lowest BCUT2D eigenvalue weighted by atomic mass is 9.81. The third-order valence-electron chi connectivity index (χ3n) is 5.80. The Kier molecular flexibility index (Phi) is 4.41. The molecule has 3 amide bonds. The van der Waals surface area contributed by atoms with Crippen molar-refractivity contribution in [2.45, 2.75) is 19.3 Å². The molecule has 1 saturated heterocycles. The molecule has 2 saturated carbocycles. The number of fused-ring (bicyclic) bond motifs is 5. The van der Waals surface area contributed by atoms with Gasteiger partial charge in [-0.1, -0.05) is 0 Å². The van der Waals surface area contributed by atoms with E-state index in [1.165, 1.54) is 24.3 Å². The second kappa shape index (κ2) is 6.75. The largest absolute Gasteiger partial charge is 0.454 e. The van der Waals surface area contributed by atoms with E-state index in [4.69, 9.17) is 4.74 Å². The Morgan fingerprint density at radius 1 is 1.07 bits per heavy atom. The number of halogens is 1. The average molecular weight is 374 g/mol. The molecule has 1 aromatic rings. The molecule has 4 atom stereocenters. The molecule has 4 rings (SSSR count). The summed E-state index contributed by atoms with van der Waals surface area (Å²) in [6.07, 6.45) is 2.86. The number of esters is 1. The van der Waals surface area contributed by atoms with Crippen LogP contribution in [0.1, 0.15) is 19.3 Å². The van der Waals surface area contributed by atoms with Gasteiger partial charge < -0.3 is 10.1 Å². The van der Waals surface area contributed by atoms with Crippen molar-refractivity contribution >= 4 is 29.4 Å². The van der Waals surface area contributed by atoms with Crippen molar-refractivity contribution in [3.05, 3.63) is 30.1 Å². The van der Waals surface area contributed by atoms with Gasteiger partial charge >= 0.3 is 5.97 Å². The molecule has 1 aliphatic heterocycles. The Morgan fingerprint density at radius 3 is 2.26 bits per heavy atom. The molecule has 0 radical (unpaired) electrons. The quantitative estimate of drug-likeness (QED) is 0.620. The van der Waals surface area contributed by atoms with Crippen LogP contribution < -0.4 is 5.32 Å². The summed E-state index contributed by atoms with van der Waals surface area (Å²) in [4.78, 5) is 49.8. The van der Waals surface area contributed by atoms with Crippen molar-refractivity contribution < 1.29 is 28.3 Å². The van der Waals surface area contributed by atoms with E-state index < -0.39 is 30.8 Å². The van der Waals surface area contributed by atoms with E-state index in [1.807, 2.05) is 0 Å². The summed E-state index contributed by atoms with van der Waals surface area (Å²) >= 11 is 0. The van der Waals surface area contributed by atoms with Crippen LogP contribution in [0.5, 0.6) is 0 Å². The summed E-state index contributed by atoms with van der Waals surface area (Å²) in [7, 11) is 0. The van der Waals surface area contributed by atoms with Crippen molar-refractivity contribution in [1.29, 1.82) is 0 Å². The predicted molar refractivity (Wildman–Crippen MR) is 90.5 cm³/mol. The minimum Gasteiger partial charge on any atom is -0.454 e. The fourth-order valence-corrected chi connectivity index (χ4v) is 4.68. The minimum atomic E-state index is -0.807. The number of imide groups is 1. The Bertz CT molecular complexity index is 781. The number of likely N-dealkylation sites (tertiary alicyclic amines) is 1. The molecule has 8 heteroatoms. The monoisotopic (exact) mass is 374 g/mol. The third-order valence-corrected chi connectivity index (χ3v) is 5.80. The smallest absolute Gasteiger partial charge is 0.326 e. The molecule has 2 bridgehead atoms. The van der Waals surface area contributed by atoms with E-state index in [1.54, 1.807) is 0 Å².